The molecular weight excluding hydrogens is 215 g/mol. The number of rotatable bonds is 4. The molecule has 2 rings (SSSR count). The molecule has 1 aliphatic rings. The van der Waals surface area contributed by atoms with Crippen LogP contribution in [0.4, 0.5) is 4.39 Å². The predicted molar refractivity (Wildman–Crippen MR) is 68.2 cm³/mol. The van der Waals surface area contributed by atoms with Gasteiger partial charge in [0.25, 0.3) is 0 Å². The van der Waals surface area contributed by atoms with Gasteiger partial charge in [-0.1, -0.05) is 25.5 Å². The SMILES string of the molecule is CCC1CCN(C(CN)c2ccc(F)cc2)C1. The van der Waals surface area contributed by atoms with Crippen LogP contribution in [0.2, 0.25) is 0 Å². The summed E-state index contributed by atoms with van der Waals surface area (Å²) in [5.74, 6) is 0.613. The van der Waals surface area contributed by atoms with E-state index in [9.17, 15) is 4.39 Å². The van der Waals surface area contributed by atoms with Gasteiger partial charge in [-0.05, 0) is 36.6 Å². The summed E-state index contributed by atoms with van der Waals surface area (Å²) >= 11 is 0. The van der Waals surface area contributed by atoms with E-state index in [0.29, 0.717) is 6.54 Å². The first-order chi connectivity index (χ1) is 8.24. The van der Waals surface area contributed by atoms with Crippen molar-refractivity contribution >= 4 is 0 Å². The number of benzene rings is 1. The standard InChI is InChI=1S/C14H21FN2/c1-2-11-7-8-17(10-11)14(9-16)12-3-5-13(15)6-4-12/h3-6,11,14H,2,7-10,16H2,1H3. The molecule has 17 heavy (non-hydrogen) atoms. The topological polar surface area (TPSA) is 29.3 Å². The van der Waals surface area contributed by atoms with Crippen LogP contribution in [0.5, 0.6) is 0 Å². The summed E-state index contributed by atoms with van der Waals surface area (Å²) in [5.41, 5.74) is 7.00. The Morgan fingerprint density at radius 1 is 1.41 bits per heavy atom. The lowest BCUT2D eigenvalue weighted by Crippen LogP contribution is -2.32. The first kappa shape index (κ1) is 12.5. The van der Waals surface area contributed by atoms with Crippen LogP contribution in [0.3, 0.4) is 0 Å². The van der Waals surface area contributed by atoms with Crippen LogP contribution in [-0.2, 0) is 0 Å². The van der Waals surface area contributed by atoms with Crippen LogP contribution in [0.15, 0.2) is 24.3 Å². The van der Waals surface area contributed by atoms with Gasteiger partial charge in [0.2, 0.25) is 0 Å². The van der Waals surface area contributed by atoms with Crippen LogP contribution in [0.1, 0.15) is 31.4 Å². The highest BCUT2D eigenvalue weighted by molar-refractivity contribution is 5.20. The highest BCUT2D eigenvalue weighted by atomic mass is 19.1. The molecule has 0 amide bonds. The lowest BCUT2D eigenvalue weighted by molar-refractivity contribution is 0.240. The van der Waals surface area contributed by atoms with E-state index >= 15 is 0 Å². The van der Waals surface area contributed by atoms with E-state index in [2.05, 4.69) is 11.8 Å². The summed E-state index contributed by atoms with van der Waals surface area (Å²) in [5, 5.41) is 0. The van der Waals surface area contributed by atoms with E-state index in [1.54, 1.807) is 0 Å². The molecule has 0 radical (unpaired) electrons. The molecule has 2 nitrogen and oxygen atoms in total. The highest BCUT2D eigenvalue weighted by Gasteiger charge is 2.27. The molecule has 1 heterocycles. The zero-order valence-electron chi connectivity index (χ0n) is 10.4. The minimum absolute atomic E-state index is 0.183. The number of nitrogens with zero attached hydrogens (tertiary/aromatic N) is 1. The second kappa shape index (κ2) is 5.61. The fourth-order valence-corrected chi connectivity index (χ4v) is 2.66. The van der Waals surface area contributed by atoms with E-state index in [1.807, 2.05) is 12.1 Å². The molecule has 0 aromatic heterocycles. The molecule has 2 atom stereocenters. The molecule has 0 spiro atoms. The van der Waals surface area contributed by atoms with Gasteiger partial charge in [0, 0.05) is 19.1 Å². The average Bonchev–Trinajstić information content (AvgIpc) is 2.81. The van der Waals surface area contributed by atoms with E-state index in [-0.39, 0.29) is 11.9 Å². The van der Waals surface area contributed by atoms with Crippen molar-refractivity contribution < 1.29 is 4.39 Å². The van der Waals surface area contributed by atoms with Crippen LogP contribution in [-0.4, -0.2) is 24.5 Å². The van der Waals surface area contributed by atoms with Gasteiger partial charge < -0.3 is 5.73 Å². The Hall–Kier alpha value is -0.930. The Morgan fingerprint density at radius 2 is 2.12 bits per heavy atom. The lowest BCUT2D eigenvalue weighted by Gasteiger charge is -2.27. The molecular formula is C14H21FN2. The van der Waals surface area contributed by atoms with Crippen molar-refractivity contribution in [1.82, 2.24) is 4.90 Å². The number of halogens is 1. The van der Waals surface area contributed by atoms with E-state index in [1.165, 1.54) is 25.0 Å². The van der Waals surface area contributed by atoms with Crippen molar-refractivity contribution in [3.8, 4) is 0 Å². The fourth-order valence-electron chi connectivity index (χ4n) is 2.66. The maximum Gasteiger partial charge on any atom is 0.123 e. The molecule has 1 aromatic carbocycles. The summed E-state index contributed by atoms with van der Waals surface area (Å²) in [6.45, 7) is 5.07. The van der Waals surface area contributed by atoms with Crippen molar-refractivity contribution in [3.63, 3.8) is 0 Å². The Labute approximate surface area is 103 Å². The van der Waals surface area contributed by atoms with Crippen molar-refractivity contribution in [1.29, 1.82) is 0 Å². The van der Waals surface area contributed by atoms with Gasteiger partial charge in [-0.25, -0.2) is 4.39 Å². The molecule has 2 unspecified atom stereocenters. The van der Waals surface area contributed by atoms with Crippen molar-refractivity contribution in [3.05, 3.63) is 35.6 Å². The number of hydrogen-bond acceptors (Lipinski definition) is 2. The summed E-state index contributed by atoms with van der Waals surface area (Å²) in [6, 6.07) is 6.99. The Kier molecular flexibility index (Phi) is 4.13. The minimum Gasteiger partial charge on any atom is -0.329 e. The van der Waals surface area contributed by atoms with Gasteiger partial charge in [0.15, 0.2) is 0 Å². The van der Waals surface area contributed by atoms with E-state index in [0.717, 1.165) is 24.6 Å². The van der Waals surface area contributed by atoms with Crippen LogP contribution < -0.4 is 5.73 Å². The van der Waals surface area contributed by atoms with Gasteiger partial charge in [0.1, 0.15) is 5.82 Å². The number of likely N-dealkylation sites (tertiary alicyclic amines) is 1. The van der Waals surface area contributed by atoms with Crippen molar-refractivity contribution in [2.45, 2.75) is 25.8 Å². The smallest absolute Gasteiger partial charge is 0.123 e. The quantitative estimate of drug-likeness (QED) is 0.870. The maximum atomic E-state index is 12.9. The molecule has 1 fully saturated rings. The Bertz CT molecular complexity index is 350. The molecule has 1 aliphatic heterocycles. The summed E-state index contributed by atoms with van der Waals surface area (Å²) < 4.78 is 12.9. The zero-order valence-corrected chi connectivity index (χ0v) is 10.4. The van der Waals surface area contributed by atoms with Gasteiger partial charge in [0.05, 0.1) is 0 Å². The highest BCUT2D eigenvalue weighted by Crippen LogP contribution is 2.28. The van der Waals surface area contributed by atoms with Gasteiger partial charge in [-0.15, -0.1) is 0 Å². The third-order valence-corrected chi connectivity index (χ3v) is 3.81. The van der Waals surface area contributed by atoms with Gasteiger partial charge >= 0.3 is 0 Å². The summed E-state index contributed by atoms with van der Waals surface area (Å²) in [6.07, 6.45) is 2.49. The minimum atomic E-state index is -0.183. The van der Waals surface area contributed by atoms with Crippen molar-refractivity contribution in [2.24, 2.45) is 11.7 Å². The Morgan fingerprint density at radius 3 is 2.65 bits per heavy atom. The molecule has 94 valence electrons. The average molecular weight is 236 g/mol. The van der Waals surface area contributed by atoms with Gasteiger partial charge in [-0.2, -0.15) is 0 Å². The number of hydrogen-bond donors (Lipinski definition) is 1. The predicted octanol–water partition coefficient (Wildman–Crippen LogP) is 2.56. The second-order valence-corrected chi connectivity index (χ2v) is 4.86. The van der Waals surface area contributed by atoms with Gasteiger partial charge in [-0.3, -0.25) is 4.90 Å². The van der Waals surface area contributed by atoms with Crippen LogP contribution >= 0.6 is 0 Å². The third-order valence-electron chi connectivity index (χ3n) is 3.81. The largest absolute Gasteiger partial charge is 0.329 e. The summed E-state index contributed by atoms with van der Waals surface area (Å²) in [7, 11) is 0. The first-order valence-electron chi connectivity index (χ1n) is 6.44. The summed E-state index contributed by atoms with van der Waals surface area (Å²) in [4.78, 5) is 2.43. The van der Waals surface area contributed by atoms with E-state index < -0.39 is 0 Å². The first-order valence-corrected chi connectivity index (χ1v) is 6.44. The molecule has 3 heteroatoms. The second-order valence-electron chi connectivity index (χ2n) is 4.86. The molecule has 0 saturated carbocycles. The lowest BCUT2D eigenvalue weighted by atomic mass is 10.0. The zero-order chi connectivity index (χ0) is 12.3. The normalized spacial score (nSPS) is 22.9. The van der Waals surface area contributed by atoms with Crippen LogP contribution in [0.25, 0.3) is 0 Å². The van der Waals surface area contributed by atoms with E-state index in [4.69, 9.17) is 5.73 Å². The Balaban J connectivity index is 2.08. The molecule has 1 saturated heterocycles. The van der Waals surface area contributed by atoms with Crippen LogP contribution in [0, 0.1) is 11.7 Å². The maximum absolute atomic E-state index is 12.9. The number of nitrogens with two attached hydrogens (primary N) is 1. The monoisotopic (exact) mass is 236 g/mol. The molecule has 2 N–H and O–H groups in total. The molecule has 0 bridgehead atoms. The third kappa shape index (κ3) is 2.85. The van der Waals surface area contributed by atoms with Crippen molar-refractivity contribution in [2.75, 3.05) is 19.6 Å². The molecule has 0 aliphatic carbocycles. The molecule has 1 aromatic rings. The fraction of sp³-hybridized carbons (Fsp3) is 0.571.